The predicted octanol–water partition coefficient (Wildman–Crippen LogP) is 3.37. The van der Waals surface area contributed by atoms with Crippen LogP contribution in [0.2, 0.25) is 5.02 Å². The normalized spacial score (nSPS) is 9.95. The van der Waals surface area contributed by atoms with E-state index in [1.165, 1.54) is 0 Å². The number of halogens is 1. The lowest BCUT2D eigenvalue weighted by molar-refractivity contribution is 0.251. The number of phenols is 1. The quantitative estimate of drug-likeness (QED) is 0.805. The molecule has 0 bridgehead atoms. The Balaban J connectivity index is 1.86. The number of carbonyl (C=O) groups is 1. The minimum atomic E-state index is -0.310. The molecule has 0 aliphatic carbocycles. The first-order chi connectivity index (χ1) is 9.13. The second-order valence-corrected chi connectivity index (χ2v) is 4.42. The zero-order valence-electron chi connectivity index (χ0n) is 10.1. The van der Waals surface area contributed by atoms with Gasteiger partial charge in [0.05, 0.1) is 0 Å². The lowest BCUT2D eigenvalue weighted by atomic mass is 10.2. The monoisotopic (exact) mass is 276 g/mol. The number of anilines is 1. The summed E-state index contributed by atoms with van der Waals surface area (Å²) in [5.74, 6) is 0.201. The van der Waals surface area contributed by atoms with Gasteiger partial charge in [-0.3, -0.25) is 0 Å². The molecule has 2 amide bonds. The molecule has 0 atom stereocenters. The van der Waals surface area contributed by atoms with Crippen LogP contribution in [0.1, 0.15) is 5.56 Å². The van der Waals surface area contributed by atoms with E-state index in [1.807, 2.05) is 0 Å². The fourth-order valence-corrected chi connectivity index (χ4v) is 1.73. The van der Waals surface area contributed by atoms with Crippen molar-refractivity contribution in [3.05, 3.63) is 59.1 Å². The van der Waals surface area contributed by atoms with Gasteiger partial charge in [-0.25, -0.2) is 4.79 Å². The molecular formula is C14H13ClN2O2. The van der Waals surface area contributed by atoms with Crippen molar-refractivity contribution >= 4 is 23.3 Å². The highest BCUT2D eigenvalue weighted by Crippen LogP contribution is 2.14. The number of aromatic hydroxyl groups is 1. The Labute approximate surface area is 116 Å². The number of carbonyl (C=O) groups excluding carboxylic acids is 1. The highest BCUT2D eigenvalue weighted by atomic mass is 35.5. The van der Waals surface area contributed by atoms with Gasteiger partial charge < -0.3 is 15.7 Å². The van der Waals surface area contributed by atoms with Crippen LogP contribution in [0.15, 0.2) is 48.5 Å². The van der Waals surface area contributed by atoms with Crippen molar-refractivity contribution in [2.45, 2.75) is 6.54 Å². The summed E-state index contributed by atoms with van der Waals surface area (Å²) in [5.41, 5.74) is 1.54. The minimum Gasteiger partial charge on any atom is -0.508 e. The average Bonchev–Trinajstić information content (AvgIpc) is 2.38. The van der Waals surface area contributed by atoms with Crippen molar-refractivity contribution < 1.29 is 9.90 Å². The van der Waals surface area contributed by atoms with E-state index >= 15 is 0 Å². The molecular weight excluding hydrogens is 264 g/mol. The summed E-state index contributed by atoms with van der Waals surface area (Å²) in [6.07, 6.45) is 0. The number of amides is 2. The van der Waals surface area contributed by atoms with Gasteiger partial charge in [0, 0.05) is 17.3 Å². The van der Waals surface area contributed by atoms with Crippen LogP contribution in [0.25, 0.3) is 0 Å². The molecule has 0 spiro atoms. The molecule has 2 aromatic carbocycles. The minimum absolute atomic E-state index is 0.201. The van der Waals surface area contributed by atoms with Gasteiger partial charge in [-0.15, -0.1) is 0 Å². The number of nitrogens with one attached hydrogen (secondary N) is 2. The van der Waals surface area contributed by atoms with Gasteiger partial charge in [-0.1, -0.05) is 29.8 Å². The molecule has 0 saturated heterocycles. The summed E-state index contributed by atoms with van der Waals surface area (Å²) in [6.45, 7) is 0.382. The van der Waals surface area contributed by atoms with Gasteiger partial charge in [0.25, 0.3) is 0 Å². The number of hydrogen-bond donors (Lipinski definition) is 3. The van der Waals surface area contributed by atoms with E-state index in [2.05, 4.69) is 10.6 Å². The number of urea groups is 1. The Bertz CT molecular complexity index is 570. The molecule has 0 aliphatic rings. The van der Waals surface area contributed by atoms with E-state index in [0.717, 1.165) is 5.56 Å². The zero-order chi connectivity index (χ0) is 13.7. The van der Waals surface area contributed by atoms with Crippen LogP contribution in [-0.2, 0) is 6.54 Å². The summed E-state index contributed by atoms with van der Waals surface area (Å²) in [6, 6.07) is 13.3. The van der Waals surface area contributed by atoms with Crippen molar-refractivity contribution in [2.24, 2.45) is 0 Å². The average molecular weight is 277 g/mol. The molecule has 2 aromatic rings. The summed E-state index contributed by atoms with van der Waals surface area (Å²) < 4.78 is 0. The first-order valence-corrected chi connectivity index (χ1v) is 6.09. The van der Waals surface area contributed by atoms with Crippen molar-refractivity contribution in [3.8, 4) is 5.75 Å². The van der Waals surface area contributed by atoms with Gasteiger partial charge in [0.15, 0.2) is 0 Å². The lowest BCUT2D eigenvalue weighted by Crippen LogP contribution is -2.28. The highest BCUT2D eigenvalue weighted by molar-refractivity contribution is 6.30. The molecule has 19 heavy (non-hydrogen) atoms. The molecule has 5 heteroatoms. The van der Waals surface area contributed by atoms with Crippen LogP contribution in [0.4, 0.5) is 10.5 Å². The Hall–Kier alpha value is -2.20. The third kappa shape index (κ3) is 4.19. The maximum atomic E-state index is 11.6. The van der Waals surface area contributed by atoms with E-state index in [9.17, 15) is 4.79 Å². The Morgan fingerprint density at radius 3 is 2.58 bits per heavy atom. The Morgan fingerprint density at radius 1 is 1.16 bits per heavy atom. The first kappa shape index (κ1) is 13.2. The summed E-state index contributed by atoms with van der Waals surface area (Å²) in [4.78, 5) is 11.6. The van der Waals surface area contributed by atoms with Crippen molar-refractivity contribution in [1.29, 1.82) is 0 Å². The van der Waals surface area contributed by atoms with Crippen LogP contribution in [0.3, 0.4) is 0 Å². The number of rotatable bonds is 3. The van der Waals surface area contributed by atoms with Gasteiger partial charge in [0.2, 0.25) is 0 Å². The summed E-state index contributed by atoms with van der Waals surface area (Å²) in [5, 5.41) is 15.1. The zero-order valence-corrected chi connectivity index (χ0v) is 10.8. The van der Waals surface area contributed by atoms with E-state index < -0.39 is 0 Å². The molecule has 98 valence electrons. The molecule has 0 heterocycles. The van der Waals surface area contributed by atoms with Crippen LogP contribution < -0.4 is 10.6 Å². The van der Waals surface area contributed by atoms with Crippen LogP contribution >= 0.6 is 11.6 Å². The van der Waals surface area contributed by atoms with E-state index in [-0.39, 0.29) is 11.8 Å². The third-order valence-electron chi connectivity index (χ3n) is 2.47. The van der Waals surface area contributed by atoms with Crippen LogP contribution in [-0.4, -0.2) is 11.1 Å². The lowest BCUT2D eigenvalue weighted by Gasteiger charge is -2.08. The maximum Gasteiger partial charge on any atom is 0.319 e. The molecule has 2 rings (SSSR count). The van der Waals surface area contributed by atoms with Crippen LogP contribution in [0.5, 0.6) is 5.75 Å². The van der Waals surface area contributed by atoms with E-state index in [4.69, 9.17) is 16.7 Å². The molecule has 0 aromatic heterocycles. The molecule has 3 N–H and O–H groups in total. The fraction of sp³-hybridized carbons (Fsp3) is 0.0714. The number of benzene rings is 2. The summed E-state index contributed by atoms with van der Waals surface area (Å²) >= 11 is 5.82. The second-order valence-electron chi connectivity index (χ2n) is 3.98. The van der Waals surface area contributed by atoms with Gasteiger partial charge in [0.1, 0.15) is 5.75 Å². The van der Waals surface area contributed by atoms with Gasteiger partial charge >= 0.3 is 6.03 Å². The van der Waals surface area contributed by atoms with Crippen LogP contribution in [0, 0.1) is 0 Å². The molecule has 4 nitrogen and oxygen atoms in total. The molecule has 0 aliphatic heterocycles. The highest BCUT2D eigenvalue weighted by Gasteiger charge is 2.02. The van der Waals surface area contributed by atoms with Gasteiger partial charge in [-0.2, -0.15) is 0 Å². The molecule has 0 fully saturated rings. The molecule has 0 radical (unpaired) electrons. The number of hydrogen-bond acceptors (Lipinski definition) is 2. The predicted molar refractivity (Wildman–Crippen MR) is 75.4 cm³/mol. The topological polar surface area (TPSA) is 61.4 Å². The standard InChI is InChI=1S/C14H13ClN2O2/c15-11-2-1-3-12(8-11)17-14(19)16-9-10-4-6-13(18)7-5-10/h1-8,18H,9H2,(H2,16,17,19). The van der Waals surface area contributed by atoms with E-state index in [0.29, 0.717) is 17.3 Å². The Kier molecular flexibility index (Phi) is 4.26. The van der Waals surface area contributed by atoms with Crippen molar-refractivity contribution in [3.63, 3.8) is 0 Å². The fourth-order valence-electron chi connectivity index (χ4n) is 1.54. The van der Waals surface area contributed by atoms with Gasteiger partial charge in [-0.05, 0) is 35.9 Å². The number of phenolic OH excluding ortho intramolecular Hbond substituents is 1. The van der Waals surface area contributed by atoms with Crippen molar-refractivity contribution in [2.75, 3.05) is 5.32 Å². The van der Waals surface area contributed by atoms with Crippen molar-refractivity contribution in [1.82, 2.24) is 5.32 Å². The smallest absolute Gasteiger partial charge is 0.319 e. The summed E-state index contributed by atoms with van der Waals surface area (Å²) in [7, 11) is 0. The third-order valence-corrected chi connectivity index (χ3v) is 2.71. The molecule has 0 unspecified atom stereocenters. The largest absolute Gasteiger partial charge is 0.508 e. The molecule has 0 saturated carbocycles. The first-order valence-electron chi connectivity index (χ1n) is 5.72. The SMILES string of the molecule is O=C(NCc1ccc(O)cc1)Nc1cccc(Cl)c1. The maximum absolute atomic E-state index is 11.6. The Morgan fingerprint density at radius 2 is 1.89 bits per heavy atom. The van der Waals surface area contributed by atoms with E-state index in [1.54, 1.807) is 48.5 Å². The second kappa shape index (κ2) is 6.11.